The first-order valence-corrected chi connectivity index (χ1v) is 8.59. The number of hydrogen-bond acceptors (Lipinski definition) is 3. The van der Waals surface area contributed by atoms with E-state index in [1.807, 2.05) is 0 Å². The van der Waals surface area contributed by atoms with Gasteiger partial charge in [0.05, 0.1) is 16.3 Å². The summed E-state index contributed by atoms with van der Waals surface area (Å²) < 4.78 is 38.5. The number of halogens is 4. The van der Waals surface area contributed by atoms with Crippen LogP contribution in [0.3, 0.4) is 0 Å². The SMILES string of the molecule is O=C(CN1C(=O)NC(=Cc2ccccc2)C1=O)Nc1cc(C(F)(F)F)ccc1Cl. The zero-order valence-electron chi connectivity index (χ0n) is 14.6. The first-order valence-electron chi connectivity index (χ1n) is 8.21. The highest BCUT2D eigenvalue weighted by Gasteiger charge is 2.35. The number of nitrogens with one attached hydrogen (secondary N) is 2. The fourth-order valence-electron chi connectivity index (χ4n) is 2.56. The fourth-order valence-corrected chi connectivity index (χ4v) is 2.73. The molecule has 29 heavy (non-hydrogen) atoms. The fraction of sp³-hybridized carbons (Fsp3) is 0.105. The molecule has 10 heteroatoms. The maximum absolute atomic E-state index is 12.8. The maximum Gasteiger partial charge on any atom is 0.416 e. The molecular formula is C19H13ClF3N3O3. The standard InChI is InChI=1S/C19H13ClF3N3O3/c20-13-7-6-12(19(21,22)23)9-14(13)24-16(27)10-26-17(28)15(25-18(26)29)8-11-4-2-1-3-5-11/h1-9H,10H2,(H,24,27)(H,25,29). The van der Waals surface area contributed by atoms with Crippen molar-refractivity contribution in [2.45, 2.75) is 6.18 Å². The first kappa shape index (κ1) is 20.4. The van der Waals surface area contributed by atoms with Crippen LogP contribution in [0.25, 0.3) is 6.08 Å². The summed E-state index contributed by atoms with van der Waals surface area (Å²) in [5, 5.41) is 4.43. The smallest absolute Gasteiger partial charge is 0.323 e. The van der Waals surface area contributed by atoms with E-state index in [2.05, 4.69) is 10.6 Å². The molecule has 1 saturated heterocycles. The number of carbonyl (C=O) groups is 3. The van der Waals surface area contributed by atoms with Crippen molar-refractivity contribution < 1.29 is 27.6 Å². The largest absolute Gasteiger partial charge is 0.416 e. The summed E-state index contributed by atoms with van der Waals surface area (Å²) in [6.07, 6.45) is -3.17. The number of benzene rings is 2. The lowest BCUT2D eigenvalue weighted by Gasteiger charge is -2.14. The van der Waals surface area contributed by atoms with E-state index in [1.165, 1.54) is 6.08 Å². The second-order valence-corrected chi connectivity index (χ2v) is 6.44. The lowest BCUT2D eigenvalue weighted by atomic mass is 10.2. The molecule has 6 nitrogen and oxygen atoms in total. The van der Waals surface area contributed by atoms with Crippen molar-refractivity contribution in [3.8, 4) is 0 Å². The summed E-state index contributed by atoms with van der Waals surface area (Å²) in [4.78, 5) is 37.2. The van der Waals surface area contributed by atoms with Gasteiger partial charge in [0.1, 0.15) is 12.2 Å². The Bertz CT molecular complexity index is 1010. The average Bonchev–Trinajstić information content (AvgIpc) is 2.91. The highest BCUT2D eigenvalue weighted by Crippen LogP contribution is 2.33. The summed E-state index contributed by atoms with van der Waals surface area (Å²) >= 11 is 5.83. The summed E-state index contributed by atoms with van der Waals surface area (Å²) in [5.74, 6) is -1.61. The van der Waals surface area contributed by atoms with Gasteiger partial charge in [0.15, 0.2) is 0 Å². The number of hydrogen-bond donors (Lipinski definition) is 2. The molecule has 1 heterocycles. The van der Waals surface area contributed by atoms with Crippen LogP contribution in [0.15, 0.2) is 54.2 Å². The van der Waals surface area contributed by atoms with Crippen molar-refractivity contribution >= 4 is 41.2 Å². The number of alkyl halides is 3. The summed E-state index contributed by atoms with van der Waals surface area (Å²) in [6.45, 7) is -0.691. The Balaban J connectivity index is 1.72. The molecule has 1 aliphatic heterocycles. The van der Waals surface area contributed by atoms with Crippen LogP contribution in [-0.4, -0.2) is 29.3 Å². The third-order valence-corrected chi connectivity index (χ3v) is 4.27. The number of amides is 4. The molecule has 0 unspecified atom stereocenters. The Morgan fingerprint density at radius 2 is 1.83 bits per heavy atom. The van der Waals surface area contributed by atoms with Gasteiger partial charge in [-0.1, -0.05) is 41.9 Å². The molecule has 1 aliphatic rings. The normalized spacial score (nSPS) is 15.6. The molecule has 2 N–H and O–H groups in total. The molecule has 0 radical (unpaired) electrons. The van der Waals surface area contributed by atoms with E-state index < -0.39 is 36.1 Å². The summed E-state index contributed by atoms with van der Waals surface area (Å²) in [5.41, 5.74) is -0.636. The van der Waals surface area contributed by atoms with Gasteiger partial charge in [0.25, 0.3) is 5.91 Å². The van der Waals surface area contributed by atoms with Gasteiger partial charge in [-0.3, -0.25) is 9.59 Å². The Kier molecular flexibility index (Phi) is 5.60. The van der Waals surface area contributed by atoms with E-state index in [0.29, 0.717) is 16.5 Å². The summed E-state index contributed by atoms with van der Waals surface area (Å²) in [6, 6.07) is 10.3. The van der Waals surface area contributed by atoms with Crippen molar-refractivity contribution in [2.24, 2.45) is 0 Å². The molecule has 0 aliphatic carbocycles. The third-order valence-electron chi connectivity index (χ3n) is 3.94. The van der Waals surface area contributed by atoms with Crippen LogP contribution in [-0.2, 0) is 15.8 Å². The minimum absolute atomic E-state index is 0.0221. The van der Waals surface area contributed by atoms with Crippen LogP contribution in [0.4, 0.5) is 23.7 Å². The van der Waals surface area contributed by atoms with Crippen molar-refractivity contribution in [3.63, 3.8) is 0 Å². The van der Waals surface area contributed by atoms with Crippen molar-refractivity contribution in [2.75, 3.05) is 11.9 Å². The number of anilines is 1. The van der Waals surface area contributed by atoms with Gasteiger partial charge in [-0.05, 0) is 29.8 Å². The molecule has 0 saturated carbocycles. The monoisotopic (exact) mass is 423 g/mol. The van der Waals surface area contributed by atoms with E-state index in [9.17, 15) is 27.6 Å². The molecule has 1 fully saturated rings. The van der Waals surface area contributed by atoms with Gasteiger partial charge in [0.2, 0.25) is 5.91 Å². The minimum Gasteiger partial charge on any atom is -0.323 e. The molecule has 0 aromatic heterocycles. The van der Waals surface area contributed by atoms with E-state index in [1.54, 1.807) is 30.3 Å². The van der Waals surface area contributed by atoms with Crippen molar-refractivity contribution in [1.29, 1.82) is 0 Å². The second-order valence-electron chi connectivity index (χ2n) is 6.03. The number of rotatable bonds is 4. The van der Waals surface area contributed by atoms with E-state index >= 15 is 0 Å². The van der Waals surface area contributed by atoms with Gasteiger partial charge >= 0.3 is 12.2 Å². The maximum atomic E-state index is 12.8. The van der Waals surface area contributed by atoms with Gasteiger partial charge in [-0.2, -0.15) is 13.2 Å². The minimum atomic E-state index is -4.62. The Morgan fingerprint density at radius 3 is 2.48 bits per heavy atom. The zero-order chi connectivity index (χ0) is 21.2. The number of nitrogens with zero attached hydrogens (tertiary/aromatic N) is 1. The van der Waals surface area contributed by atoms with Crippen molar-refractivity contribution in [1.82, 2.24) is 10.2 Å². The third kappa shape index (κ3) is 4.75. The number of carbonyl (C=O) groups excluding carboxylic acids is 3. The highest BCUT2D eigenvalue weighted by atomic mass is 35.5. The van der Waals surface area contributed by atoms with Crippen LogP contribution in [0.1, 0.15) is 11.1 Å². The second kappa shape index (κ2) is 7.96. The zero-order valence-corrected chi connectivity index (χ0v) is 15.3. The van der Waals surface area contributed by atoms with E-state index in [0.717, 1.165) is 12.1 Å². The molecule has 0 spiro atoms. The van der Waals surface area contributed by atoms with Crippen molar-refractivity contribution in [3.05, 3.63) is 70.4 Å². The molecule has 0 bridgehead atoms. The molecule has 2 aromatic carbocycles. The molecular weight excluding hydrogens is 411 g/mol. The molecule has 4 amide bonds. The quantitative estimate of drug-likeness (QED) is 0.578. The Hall–Kier alpha value is -3.33. The van der Waals surface area contributed by atoms with Gasteiger partial charge < -0.3 is 10.6 Å². The predicted molar refractivity (Wildman–Crippen MR) is 99.7 cm³/mol. The molecule has 150 valence electrons. The van der Waals surface area contributed by atoms with Gasteiger partial charge in [0, 0.05) is 0 Å². The van der Waals surface area contributed by atoms with Crippen LogP contribution < -0.4 is 10.6 Å². The lowest BCUT2D eigenvalue weighted by molar-refractivity contribution is -0.137. The summed E-state index contributed by atoms with van der Waals surface area (Å²) in [7, 11) is 0. The van der Waals surface area contributed by atoms with Crippen LogP contribution >= 0.6 is 11.6 Å². The molecule has 3 rings (SSSR count). The highest BCUT2D eigenvalue weighted by molar-refractivity contribution is 6.33. The van der Waals surface area contributed by atoms with Gasteiger partial charge in [-0.15, -0.1) is 0 Å². The first-order chi connectivity index (χ1) is 13.6. The Labute approximate surface area is 167 Å². The molecule has 2 aromatic rings. The van der Waals surface area contributed by atoms with E-state index in [4.69, 9.17) is 11.6 Å². The van der Waals surface area contributed by atoms with Crippen LogP contribution in [0.2, 0.25) is 5.02 Å². The van der Waals surface area contributed by atoms with E-state index in [-0.39, 0.29) is 16.4 Å². The van der Waals surface area contributed by atoms with Crippen LogP contribution in [0, 0.1) is 0 Å². The van der Waals surface area contributed by atoms with Crippen LogP contribution in [0.5, 0.6) is 0 Å². The Morgan fingerprint density at radius 1 is 1.14 bits per heavy atom. The average molecular weight is 424 g/mol. The molecule has 0 atom stereocenters. The predicted octanol–water partition coefficient (Wildman–Crippen LogP) is 3.89. The number of imide groups is 1. The lowest BCUT2D eigenvalue weighted by Crippen LogP contribution is -2.38. The number of urea groups is 1. The topological polar surface area (TPSA) is 78.5 Å². The van der Waals surface area contributed by atoms with Gasteiger partial charge in [-0.25, -0.2) is 9.69 Å².